The number of nitrogens with two attached hydrogens (primary N) is 1. The average Bonchev–Trinajstić information content (AvgIpc) is 2.97. The molecule has 20 heavy (non-hydrogen) atoms. The third kappa shape index (κ3) is 2.31. The largest absolute Gasteiger partial charge is 0.384 e. The number of carbonyl (C=O) groups is 1. The fourth-order valence-corrected chi connectivity index (χ4v) is 2.04. The van der Waals surface area contributed by atoms with E-state index in [2.05, 4.69) is 20.5 Å². The Morgan fingerprint density at radius 2 is 2.20 bits per heavy atom. The van der Waals surface area contributed by atoms with Crippen molar-refractivity contribution >= 4 is 22.6 Å². The molecule has 0 bridgehead atoms. The average molecular weight is 267 g/mol. The lowest BCUT2D eigenvalue weighted by Gasteiger charge is -2.08. The summed E-state index contributed by atoms with van der Waals surface area (Å²) in [5.41, 5.74) is 7.89. The zero-order valence-corrected chi connectivity index (χ0v) is 10.6. The molecule has 0 aliphatic heterocycles. The first-order valence-electron chi connectivity index (χ1n) is 6.15. The highest BCUT2D eigenvalue weighted by Gasteiger charge is 2.11. The second kappa shape index (κ2) is 5.00. The second-order valence-corrected chi connectivity index (χ2v) is 4.40. The van der Waals surface area contributed by atoms with E-state index in [0.29, 0.717) is 23.4 Å². The molecule has 0 atom stereocenters. The topological polar surface area (TPSA) is 96.7 Å². The fraction of sp³-hybridized carbons (Fsp3) is 0.0714. The van der Waals surface area contributed by atoms with Crippen LogP contribution in [0.4, 0.5) is 5.82 Å². The quantitative estimate of drug-likeness (QED) is 0.669. The zero-order chi connectivity index (χ0) is 13.9. The minimum absolute atomic E-state index is 0.184. The van der Waals surface area contributed by atoms with Crippen LogP contribution in [0.3, 0.4) is 0 Å². The molecule has 6 heteroatoms. The van der Waals surface area contributed by atoms with E-state index >= 15 is 0 Å². The summed E-state index contributed by atoms with van der Waals surface area (Å²) >= 11 is 0. The first-order valence-corrected chi connectivity index (χ1v) is 6.15. The van der Waals surface area contributed by atoms with Crippen molar-refractivity contribution in [1.82, 2.24) is 20.5 Å². The Hall–Kier alpha value is -2.89. The van der Waals surface area contributed by atoms with Gasteiger partial charge in [0.2, 0.25) is 0 Å². The van der Waals surface area contributed by atoms with Crippen LogP contribution in [0.25, 0.3) is 10.9 Å². The molecule has 0 saturated carbocycles. The number of nitrogens with one attached hydrogen (secondary N) is 2. The van der Waals surface area contributed by atoms with Crippen molar-refractivity contribution in [3.8, 4) is 0 Å². The summed E-state index contributed by atoms with van der Waals surface area (Å²) in [6, 6.07) is 9.01. The molecule has 0 spiro atoms. The number of fused-ring (bicyclic) bond motifs is 1. The third-order valence-corrected chi connectivity index (χ3v) is 2.99. The van der Waals surface area contributed by atoms with Crippen LogP contribution in [0.15, 0.2) is 42.7 Å². The van der Waals surface area contributed by atoms with Crippen LogP contribution in [-0.2, 0) is 6.54 Å². The molecular weight excluding hydrogens is 254 g/mol. The number of amides is 1. The molecule has 0 aliphatic rings. The lowest BCUT2D eigenvalue weighted by molar-refractivity contribution is 0.0952. The summed E-state index contributed by atoms with van der Waals surface area (Å²) in [6.07, 6.45) is 3.40. The summed E-state index contributed by atoms with van der Waals surface area (Å²) in [4.78, 5) is 16.5. The smallest absolute Gasteiger partial charge is 0.252 e. The van der Waals surface area contributed by atoms with Crippen molar-refractivity contribution in [2.75, 3.05) is 5.73 Å². The number of anilines is 1. The number of para-hydroxylation sites is 1. The normalized spacial score (nSPS) is 10.6. The number of H-pyrrole nitrogens is 1. The predicted molar refractivity (Wildman–Crippen MR) is 75.9 cm³/mol. The number of benzene rings is 1. The SMILES string of the molecule is Nc1cc(C(=O)NCc2cn[nH]c2)c2ccccc2n1. The minimum atomic E-state index is -0.184. The first kappa shape index (κ1) is 12.2. The molecule has 0 aliphatic carbocycles. The molecule has 2 heterocycles. The summed E-state index contributed by atoms with van der Waals surface area (Å²) in [7, 11) is 0. The Bertz CT molecular complexity index is 751. The van der Waals surface area contributed by atoms with E-state index in [0.717, 1.165) is 10.9 Å². The fourth-order valence-electron chi connectivity index (χ4n) is 2.04. The third-order valence-electron chi connectivity index (χ3n) is 2.99. The maximum atomic E-state index is 12.3. The Morgan fingerprint density at radius 1 is 1.35 bits per heavy atom. The number of pyridine rings is 1. The molecule has 3 aromatic rings. The Labute approximate surface area is 115 Å². The summed E-state index contributed by atoms with van der Waals surface area (Å²) in [6.45, 7) is 0.409. The zero-order valence-electron chi connectivity index (χ0n) is 10.6. The number of hydrogen-bond acceptors (Lipinski definition) is 4. The van der Waals surface area contributed by atoms with Gasteiger partial charge in [-0.1, -0.05) is 18.2 Å². The number of nitrogens with zero attached hydrogens (tertiary/aromatic N) is 2. The van der Waals surface area contributed by atoms with Crippen molar-refractivity contribution in [1.29, 1.82) is 0 Å². The Kier molecular flexibility index (Phi) is 3.04. The maximum Gasteiger partial charge on any atom is 0.252 e. The van der Waals surface area contributed by atoms with Gasteiger partial charge in [0.1, 0.15) is 5.82 Å². The van der Waals surface area contributed by atoms with Crippen molar-refractivity contribution in [2.24, 2.45) is 0 Å². The second-order valence-electron chi connectivity index (χ2n) is 4.40. The molecule has 3 rings (SSSR count). The molecule has 100 valence electrons. The van der Waals surface area contributed by atoms with Gasteiger partial charge in [-0.05, 0) is 12.1 Å². The van der Waals surface area contributed by atoms with Crippen LogP contribution in [-0.4, -0.2) is 21.1 Å². The maximum absolute atomic E-state index is 12.3. The number of aromatic amines is 1. The van der Waals surface area contributed by atoms with Crippen molar-refractivity contribution in [3.05, 3.63) is 53.9 Å². The first-order chi connectivity index (χ1) is 9.74. The van der Waals surface area contributed by atoms with Crippen LogP contribution in [0.1, 0.15) is 15.9 Å². The van der Waals surface area contributed by atoms with E-state index < -0.39 is 0 Å². The highest BCUT2D eigenvalue weighted by atomic mass is 16.1. The highest BCUT2D eigenvalue weighted by Crippen LogP contribution is 2.19. The van der Waals surface area contributed by atoms with Crippen LogP contribution < -0.4 is 11.1 Å². The van der Waals surface area contributed by atoms with E-state index in [1.807, 2.05) is 24.3 Å². The molecule has 4 N–H and O–H groups in total. The Balaban J connectivity index is 1.90. The van der Waals surface area contributed by atoms with Gasteiger partial charge in [0.15, 0.2) is 0 Å². The van der Waals surface area contributed by atoms with E-state index in [4.69, 9.17) is 5.73 Å². The van der Waals surface area contributed by atoms with E-state index in [1.165, 1.54) is 0 Å². The van der Waals surface area contributed by atoms with Gasteiger partial charge in [-0.15, -0.1) is 0 Å². The standard InChI is InChI=1S/C14H13N5O/c15-13-5-11(10-3-1-2-4-12(10)19-13)14(20)16-6-9-7-17-18-8-9/h1-5,7-8H,6H2,(H2,15,19)(H,16,20)(H,17,18). The lowest BCUT2D eigenvalue weighted by Crippen LogP contribution is -2.23. The van der Waals surface area contributed by atoms with Crippen molar-refractivity contribution in [3.63, 3.8) is 0 Å². The van der Waals surface area contributed by atoms with Crippen LogP contribution >= 0.6 is 0 Å². The van der Waals surface area contributed by atoms with Gasteiger partial charge in [0.05, 0.1) is 17.3 Å². The van der Waals surface area contributed by atoms with Crippen molar-refractivity contribution < 1.29 is 4.79 Å². The number of nitrogen functional groups attached to an aromatic ring is 1. The lowest BCUT2D eigenvalue weighted by atomic mass is 10.1. The molecule has 6 nitrogen and oxygen atoms in total. The molecule has 2 aromatic heterocycles. The van der Waals surface area contributed by atoms with Gasteiger partial charge in [-0.3, -0.25) is 9.89 Å². The van der Waals surface area contributed by atoms with Gasteiger partial charge in [-0.2, -0.15) is 5.10 Å². The monoisotopic (exact) mass is 267 g/mol. The van der Waals surface area contributed by atoms with E-state index in [-0.39, 0.29) is 5.91 Å². The molecular formula is C14H13N5O. The molecule has 0 radical (unpaired) electrons. The number of aromatic nitrogens is 3. The van der Waals surface area contributed by atoms with Crippen LogP contribution in [0, 0.1) is 0 Å². The summed E-state index contributed by atoms with van der Waals surface area (Å²) in [5.74, 6) is 0.147. The summed E-state index contributed by atoms with van der Waals surface area (Å²) in [5, 5.41) is 10.2. The summed E-state index contributed by atoms with van der Waals surface area (Å²) < 4.78 is 0. The van der Waals surface area contributed by atoms with E-state index in [9.17, 15) is 4.79 Å². The number of carbonyl (C=O) groups excluding carboxylic acids is 1. The Morgan fingerprint density at radius 3 is 3.00 bits per heavy atom. The number of hydrogen-bond donors (Lipinski definition) is 3. The molecule has 0 saturated heterocycles. The highest BCUT2D eigenvalue weighted by molar-refractivity contribution is 6.06. The van der Waals surface area contributed by atoms with Gasteiger partial charge in [-0.25, -0.2) is 4.98 Å². The molecule has 0 unspecified atom stereocenters. The van der Waals surface area contributed by atoms with Gasteiger partial charge in [0, 0.05) is 23.7 Å². The van der Waals surface area contributed by atoms with Crippen LogP contribution in [0.5, 0.6) is 0 Å². The van der Waals surface area contributed by atoms with Gasteiger partial charge in [0.25, 0.3) is 5.91 Å². The van der Waals surface area contributed by atoms with Gasteiger partial charge >= 0.3 is 0 Å². The van der Waals surface area contributed by atoms with Crippen LogP contribution in [0.2, 0.25) is 0 Å². The molecule has 1 amide bonds. The molecule has 0 fully saturated rings. The minimum Gasteiger partial charge on any atom is -0.384 e. The predicted octanol–water partition coefficient (Wildman–Crippen LogP) is 1.47. The number of rotatable bonds is 3. The van der Waals surface area contributed by atoms with Crippen molar-refractivity contribution in [2.45, 2.75) is 6.54 Å². The van der Waals surface area contributed by atoms with E-state index in [1.54, 1.807) is 18.5 Å². The van der Waals surface area contributed by atoms with Gasteiger partial charge < -0.3 is 11.1 Å². The molecule has 1 aromatic carbocycles.